The van der Waals surface area contributed by atoms with Gasteiger partial charge in [0.25, 0.3) is 5.91 Å². The fourth-order valence-electron chi connectivity index (χ4n) is 2.36. The Balaban J connectivity index is 1.77. The number of ether oxygens (including phenoxy) is 2. The lowest BCUT2D eigenvalue weighted by atomic mass is 10.2. The van der Waals surface area contributed by atoms with Gasteiger partial charge in [-0.2, -0.15) is 5.10 Å². The summed E-state index contributed by atoms with van der Waals surface area (Å²) in [5.41, 5.74) is 0.978. The molecule has 146 valence electrons. The predicted molar refractivity (Wildman–Crippen MR) is 105 cm³/mol. The molecule has 28 heavy (non-hydrogen) atoms. The highest BCUT2D eigenvalue weighted by Crippen LogP contribution is 2.26. The number of hydrogen-bond donors (Lipinski definition) is 1. The van der Waals surface area contributed by atoms with Crippen LogP contribution in [0.15, 0.2) is 48.7 Å². The average Bonchev–Trinajstić information content (AvgIpc) is 3.16. The highest BCUT2D eigenvalue weighted by atomic mass is 35.5. The molecule has 0 atom stereocenters. The van der Waals surface area contributed by atoms with Crippen molar-refractivity contribution in [1.29, 1.82) is 0 Å². The van der Waals surface area contributed by atoms with E-state index < -0.39 is 11.7 Å². The molecule has 0 saturated carbocycles. The Bertz CT molecular complexity index is 994. The van der Waals surface area contributed by atoms with Gasteiger partial charge >= 0.3 is 0 Å². The number of rotatable bonds is 7. The van der Waals surface area contributed by atoms with Gasteiger partial charge in [-0.1, -0.05) is 23.2 Å². The Morgan fingerprint density at radius 2 is 1.96 bits per heavy atom. The van der Waals surface area contributed by atoms with Crippen molar-refractivity contribution < 1.29 is 18.7 Å². The minimum atomic E-state index is -0.513. The fourth-order valence-corrected chi connectivity index (χ4v) is 2.66. The maximum absolute atomic E-state index is 13.6. The van der Waals surface area contributed by atoms with E-state index >= 15 is 0 Å². The van der Waals surface area contributed by atoms with E-state index in [4.69, 9.17) is 32.7 Å². The van der Waals surface area contributed by atoms with Crippen LogP contribution in [0.25, 0.3) is 5.69 Å². The second-order valence-corrected chi connectivity index (χ2v) is 6.49. The van der Waals surface area contributed by atoms with Crippen LogP contribution < -0.4 is 10.1 Å². The first kappa shape index (κ1) is 20.1. The summed E-state index contributed by atoms with van der Waals surface area (Å²) in [5, 5.41) is 7.63. The van der Waals surface area contributed by atoms with E-state index in [9.17, 15) is 9.18 Å². The average molecular weight is 424 g/mol. The molecule has 0 fully saturated rings. The monoisotopic (exact) mass is 423 g/mol. The minimum Gasteiger partial charge on any atom is -0.489 e. The van der Waals surface area contributed by atoms with E-state index in [1.54, 1.807) is 31.5 Å². The number of anilines is 1. The lowest BCUT2D eigenvalue weighted by Gasteiger charge is -2.12. The summed E-state index contributed by atoms with van der Waals surface area (Å²) in [4.78, 5) is 12.5. The SMILES string of the molecule is COCCOc1ccc(F)cc1NC(=O)c1ccn(-c2ccc(Cl)c(Cl)c2)n1. The summed E-state index contributed by atoms with van der Waals surface area (Å²) < 4.78 is 25.5. The van der Waals surface area contributed by atoms with Crippen LogP contribution in [-0.4, -0.2) is 36.0 Å². The van der Waals surface area contributed by atoms with Crippen LogP contribution in [-0.2, 0) is 4.74 Å². The molecule has 0 saturated heterocycles. The van der Waals surface area contributed by atoms with Crippen molar-refractivity contribution in [3.8, 4) is 11.4 Å². The third kappa shape index (κ3) is 4.81. The van der Waals surface area contributed by atoms with Gasteiger partial charge in [-0.3, -0.25) is 4.79 Å². The standard InChI is InChI=1S/C19H16Cl2FN3O3/c1-27-8-9-28-18-5-2-12(22)10-17(18)23-19(26)16-6-7-25(24-16)13-3-4-14(20)15(21)11-13/h2-7,10-11H,8-9H2,1H3,(H,23,26). The lowest BCUT2D eigenvalue weighted by Crippen LogP contribution is -2.15. The van der Waals surface area contributed by atoms with Crippen molar-refractivity contribution in [1.82, 2.24) is 9.78 Å². The molecule has 0 radical (unpaired) electrons. The predicted octanol–water partition coefficient (Wildman–Crippen LogP) is 4.60. The van der Waals surface area contributed by atoms with E-state index in [-0.39, 0.29) is 18.0 Å². The second kappa shape index (κ2) is 9.05. The molecule has 0 bridgehead atoms. The van der Waals surface area contributed by atoms with Gasteiger partial charge in [0.1, 0.15) is 18.2 Å². The molecule has 2 aromatic carbocycles. The molecule has 1 heterocycles. The molecule has 3 aromatic rings. The Labute approximate surface area is 170 Å². The van der Waals surface area contributed by atoms with Crippen LogP contribution in [0.5, 0.6) is 5.75 Å². The van der Waals surface area contributed by atoms with Crippen molar-refractivity contribution in [3.05, 3.63) is 70.2 Å². The normalized spacial score (nSPS) is 10.7. The van der Waals surface area contributed by atoms with E-state index in [0.717, 1.165) is 0 Å². The first-order chi connectivity index (χ1) is 13.5. The van der Waals surface area contributed by atoms with Gasteiger partial charge in [0.2, 0.25) is 0 Å². The van der Waals surface area contributed by atoms with E-state index in [1.807, 2.05) is 0 Å². The van der Waals surface area contributed by atoms with Crippen molar-refractivity contribution in [3.63, 3.8) is 0 Å². The van der Waals surface area contributed by atoms with Crippen LogP contribution in [0.2, 0.25) is 10.0 Å². The highest BCUT2D eigenvalue weighted by molar-refractivity contribution is 6.42. The number of carbonyl (C=O) groups is 1. The van der Waals surface area contributed by atoms with E-state index in [2.05, 4.69) is 10.4 Å². The van der Waals surface area contributed by atoms with Crippen molar-refractivity contribution in [2.24, 2.45) is 0 Å². The number of aromatic nitrogens is 2. The van der Waals surface area contributed by atoms with Crippen LogP contribution in [0.4, 0.5) is 10.1 Å². The molecular formula is C19H16Cl2FN3O3. The van der Waals surface area contributed by atoms with Gasteiger partial charge in [0.15, 0.2) is 5.69 Å². The molecular weight excluding hydrogens is 408 g/mol. The van der Waals surface area contributed by atoms with Crippen LogP contribution in [0, 0.1) is 5.82 Å². The summed E-state index contributed by atoms with van der Waals surface area (Å²) in [6, 6.07) is 10.4. The minimum absolute atomic E-state index is 0.137. The molecule has 0 spiro atoms. The maximum Gasteiger partial charge on any atom is 0.276 e. The van der Waals surface area contributed by atoms with Gasteiger partial charge in [-0.05, 0) is 36.4 Å². The Kier molecular flexibility index (Phi) is 6.51. The third-order valence-corrected chi connectivity index (χ3v) is 4.46. The quantitative estimate of drug-likeness (QED) is 0.564. The fraction of sp³-hybridized carbons (Fsp3) is 0.158. The summed E-state index contributed by atoms with van der Waals surface area (Å²) in [7, 11) is 1.54. The molecule has 1 amide bonds. The van der Waals surface area contributed by atoms with Crippen LogP contribution in [0.1, 0.15) is 10.5 Å². The number of nitrogens with one attached hydrogen (secondary N) is 1. The summed E-state index contributed by atoms with van der Waals surface area (Å²) >= 11 is 11.9. The summed E-state index contributed by atoms with van der Waals surface area (Å²) in [6.45, 7) is 0.621. The molecule has 1 aromatic heterocycles. The number of amides is 1. The third-order valence-electron chi connectivity index (χ3n) is 3.72. The van der Waals surface area contributed by atoms with Crippen molar-refractivity contribution >= 4 is 34.8 Å². The van der Waals surface area contributed by atoms with Gasteiger partial charge in [-0.15, -0.1) is 0 Å². The van der Waals surface area contributed by atoms with Gasteiger partial charge in [0.05, 0.1) is 28.0 Å². The van der Waals surface area contributed by atoms with Gasteiger partial charge < -0.3 is 14.8 Å². The Morgan fingerprint density at radius 1 is 1.14 bits per heavy atom. The molecule has 0 aliphatic heterocycles. The maximum atomic E-state index is 13.6. The van der Waals surface area contributed by atoms with Crippen molar-refractivity contribution in [2.45, 2.75) is 0 Å². The smallest absolute Gasteiger partial charge is 0.276 e. The zero-order valence-corrected chi connectivity index (χ0v) is 16.3. The van der Waals surface area contributed by atoms with Crippen LogP contribution >= 0.6 is 23.2 Å². The first-order valence-electron chi connectivity index (χ1n) is 8.21. The highest BCUT2D eigenvalue weighted by Gasteiger charge is 2.14. The molecule has 6 nitrogen and oxygen atoms in total. The van der Waals surface area contributed by atoms with Crippen molar-refractivity contribution in [2.75, 3.05) is 25.6 Å². The van der Waals surface area contributed by atoms with Crippen LogP contribution in [0.3, 0.4) is 0 Å². The molecule has 0 aliphatic carbocycles. The molecule has 0 unspecified atom stereocenters. The Morgan fingerprint density at radius 3 is 2.71 bits per heavy atom. The number of benzene rings is 2. The van der Waals surface area contributed by atoms with Gasteiger partial charge in [-0.25, -0.2) is 9.07 Å². The number of nitrogens with zero attached hydrogens (tertiary/aromatic N) is 2. The number of hydrogen-bond acceptors (Lipinski definition) is 4. The van der Waals surface area contributed by atoms with E-state index in [1.165, 1.54) is 28.9 Å². The summed E-state index contributed by atoms with van der Waals surface area (Å²) in [6.07, 6.45) is 1.61. The summed E-state index contributed by atoms with van der Waals surface area (Å²) in [5.74, 6) is -0.688. The number of halogens is 3. The lowest BCUT2D eigenvalue weighted by molar-refractivity contribution is 0.102. The molecule has 3 rings (SSSR count). The van der Waals surface area contributed by atoms with Gasteiger partial charge in [0, 0.05) is 19.4 Å². The Hall–Kier alpha value is -2.61. The topological polar surface area (TPSA) is 65.4 Å². The molecule has 0 aliphatic rings. The second-order valence-electron chi connectivity index (χ2n) is 5.68. The number of carbonyl (C=O) groups excluding carboxylic acids is 1. The largest absolute Gasteiger partial charge is 0.489 e. The first-order valence-corrected chi connectivity index (χ1v) is 8.97. The zero-order valence-electron chi connectivity index (χ0n) is 14.8. The number of methoxy groups -OCH3 is 1. The molecule has 9 heteroatoms. The zero-order chi connectivity index (χ0) is 20.1. The molecule has 1 N–H and O–H groups in total. The van der Waals surface area contributed by atoms with E-state index in [0.29, 0.717) is 28.1 Å².